The fourth-order valence-corrected chi connectivity index (χ4v) is 2.86. The first-order valence-corrected chi connectivity index (χ1v) is 12.3. The first-order chi connectivity index (χ1) is 17.2. The lowest BCUT2D eigenvalue weighted by atomic mass is 10.0. The number of rotatable bonds is 10. The zero-order valence-electron chi connectivity index (χ0n) is 22.6. The maximum absolute atomic E-state index is 11.8. The minimum absolute atomic E-state index is 0.116. The number of hydrogen-bond acceptors (Lipinski definition) is 7. The van der Waals surface area contributed by atoms with Gasteiger partial charge in [0.25, 0.3) is 0 Å². The van der Waals surface area contributed by atoms with Crippen molar-refractivity contribution < 1.29 is 28.6 Å². The maximum atomic E-state index is 11.8. The van der Waals surface area contributed by atoms with Crippen LogP contribution in [0, 0.1) is 6.92 Å². The number of carbonyl (C=O) groups is 2. The Balaban J connectivity index is 0.000000784. The summed E-state index contributed by atoms with van der Waals surface area (Å²) in [4.78, 5) is 34.2. The van der Waals surface area contributed by atoms with Crippen LogP contribution in [0.2, 0.25) is 0 Å². The Morgan fingerprint density at radius 1 is 1.19 bits per heavy atom. The molecule has 0 saturated carbocycles. The third-order valence-corrected chi connectivity index (χ3v) is 4.77. The molecule has 36 heavy (non-hydrogen) atoms. The van der Waals surface area contributed by atoms with E-state index in [0.29, 0.717) is 18.6 Å². The summed E-state index contributed by atoms with van der Waals surface area (Å²) in [5.41, 5.74) is 0.130. The van der Waals surface area contributed by atoms with E-state index in [1.807, 2.05) is 32.9 Å². The largest absolute Gasteiger partial charge is 0.507 e. The molecule has 1 aromatic carbocycles. The lowest BCUT2D eigenvalue weighted by molar-refractivity contribution is 0.0980. The van der Waals surface area contributed by atoms with Gasteiger partial charge in [-0.1, -0.05) is 52.8 Å². The zero-order chi connectivity index (χ0) is 27.5. The van der Waals surface area contributed by atoms with Crippen LogP contribution < -0.4 is 15.7 Å². The molecule has 200 valence electrons. The van der Waals surface area contributed by atoms with Crippen LogP contribution in [-0.2, 0) is 4.74 Å². The van der Waals surface area contributed by atoms with E-state index >= 15 is 0 Å². The van der Waals surface area contributed by atoms with Crippen LogP contribution in [0.1, 0.15) is 87.9 Å². The Hall–Kier alpha value is -3.55. The Labute approximate surface area is 214 Å². The van der Waals surface area contributed by atoms with E-state index in [2.05, 4.69) is 36.0 Å². The van der Waals surface area contributed by atoms with Gasteiger partial charge in [0.2, 0.25) is 0 Å². The Morgan fingerprint density at radius 2 is 1.89 bits per heavy atom. The summed E-state index contributed by atoms with van der Waals surface area (Å²) in [6.07, 6.45) is 5.07. The SMILES string of the molecule is CC.CCC(=O)c1c(O)cc(C(C)CC/C=C/NC(=O)OC)oc1=O.CCCOc1cccc(C)c1. The van der Waals surface area contributed by atoms with E-state index in [-0.39, 0.29) is 23.7 Å². The van der Waals surface area contributed by atoms with Gasteiger partial charge >= 0.3 is 11.7 Å². The number of amides is 1. The van der Waals surface area contributed by atoms with Crippen LogP contribution in [-0.4, -0.2) is 30.7 Å². The summed E-state index contributed by atoms with van der Waals surface area (Å²) in [5.74, 6) is 0.355. The number of nitrogens with one attached hydrogen (secondary N) is 1. The van der Waals surface area contributed by atoms with Gasteiger partial charge in [0.1, 0.15) is 22.8 Å². The van der Waals surface area contributed by atoms with Crippen molar-refractivity contribution in [1.29, 1.82) is 0 Å². The molecule has 2 aromatic rings. The fourth-order valence-electron chi connectivity index (χ4n) is 2.86. The van der Waals surface area contributed by atoms with Crippen molar-refractivity contribution in [3.05, 3.63) is 69.9 Å². The normalized spacial score (nSPS) is 10.9. The van der Waals surface area contributed by atoms with Crippen LogP contribution >= 0.6 is 0 Å². The quantitative estimate of drug-likeness (QED) is 0.355. The highest BCUT2D eigenvalue weighted by atomic mass is 16.5. The first kappa shape index (κ1) is 32.5. The molecule has 8 heteroatoms. The lowest BCUT2D eigenvalue weighted by Gasteiger charge is -2.10. The molecular weight excluding hydrogens is 462 g/mol. The van der Waals surface area contributed by atoms with Crippen LogP contribution in [0.5, 0.6) is 11.5 Å². The Kier molecular flexibility index (Phi) is 16.9. The van der Waals surface area contributed by atoms with Crippen LogP contribution in [0.3, 0.4) is 0 Å². The van der Waals surface area contributed by atoms with E-state index in [0.717, 1.165) is 18.8 Å². The van der Waals surface area contributed by atoms with Gasteiger partial charge in [-0.2, -0.15) is 0 Å². The predicted molar refractivity (Wildman–Crippen MR) is 142 cm³/mol. The molecule has 8 nitrogen and oxygen atoms in total. The molecule has 2 N–H and O–H groups in total. The second kappa shape index (κ2) is 18.7. The van der Waals surface area contributed by atoms with Crippen molar-refractivity contribution in [1.82, 2.24) is 5.32 Å². The van der Waals surface area contributed by atoms with E-state index in [1.165, 1.54) is 24.9 Å². The molecule has 0 bridgehead atoms. The molecule has 0 radical (unpaired) electrons. The second-order valence-electron chi connectivity index (χ2n) is 7.65. The fraction of sp³-hybridized carbons (Fsp3) is 0.464. The number of Topliss-reactive ketones (excluding diaryl/α,β-unsaturated/α-hetero) is 1. The lowest BCUT2D eigenvalue weighted by Crippen LogP contribution is -2.16. The molecule has 0 saturated heterocycles. The molecule has 0 aliphatic heterocycles. The first-order valence-electron chi connectivity index (χ1n) is 12.3. The number of alkyl carbamates (subject to hydrolysis) is 1. The van der Waals surface area contributed by atoms with E-state index in [1.54, 1.807) is 13.0 Å². The summed E-state index contributed by atoms with van der Waals surface area (Å²) in [7, 11) is 1.27. The van der Waals surface area contributed by atoms with Crippen molar-refractivity contribution in [2.24, 2.45) is 0 Å². The summed E-state index contributed by atoms with van der Waals surface area (Å²) in [5, 5.41) is 12.3. The molecule has 1 amide bonds. The van der Waals surface area contributed by atoms with E-state index < -0.39 is 17.5 Å². The van der Waals surface area contributed by atoms with Crippen molar-refractivity contribution in [2.75, 3.05) is 13.7 Å². The molecule has 1 atom stereocenters. The average Bonchev–Trinajstić information content (AvgIpc) is 2.87. The summed E-state index contributed by atoms with van der Waals surface area (Å²) >= 11 is 0. The molecule has 0 fully saturated rings. The third kappa shape index (κ3) is 12.2. The van der Waals surface area contributed by atoms with Crippen molar-refractivity contribution in [2.45, 2.75) is 73.1 Å². The maximum Gasteiger partial charge on any atom is 0.410 e. The molecular formula is C28H41NO7. The van der Waals surface area contributed by atoms with Gasteiger partial charge in [0, 0.05) is 24.6 Å². The van der Waals surface area contributed by atoms with E-state index in [4.69, 9.17) is 9.15 Å². The van der Waals surface area contributed by atoms with Crippen molar-refractivity contribution in [3.8, 4) is 11.5 Å². The summed E-state index contributed by atoms with van der Waals surface area (Å²) in [6.45, 7) is 12.4. The highest BCUT2D eigenvalue weighted by molar-refractivity contribution is 5.97. The van der Waals surface area contributed by atoms with Gasteiger partial charge in [-0.05, 0) is 43.9 Å². The number of methoxy groups -OCH3 is 1. The van der Waals surface area contributed by atoms with Crippen molar-refractivity contribution >= 4 is 11.9 Å². The molecule has 0 spiro atoms. The Bertz CT molecular complexity index is 1010. The number of ether oxygens (including phenoxy) is 2. The van der Waals surface area contributed by atoms with Crippen LogP contribution in [0.25, 0.3) is 0 Å². The van der Waals surface area contributed by atoms with Crippen LogP contribution in [0.15, 0.2) is 51.8 Å². The average molecular weight is 504 g/mol. The third-order valence-electron chi connectivity index (χ3n) is 4.77. The van der Waals surface area contributed by atoms with E-state index in [9.17, 15) is 19.5 Å². The smallest absolute Gasteiger partial charge is 0.410 e. The topological polar surface area (TPSA) is 115 Å². The molecule has 0 aliphatic carbocycles. The number of aromatic hydroxyl groups is 1. The van der Waals surface area contributed by atoms with Gasteiger partial charge < -0.3 is 19.0 Å². The number of aryl methyl sites for hydroxylation is 1. The molecule has 1 unspecified atom stereocenters. The number of ketones is 1. The van der Waals surface area contributed by atoms with Gasteiger partial charge in [0.05, 0.1) is 13.7 Å². The van der Waals surface area contributed by atoms with Gasteiger partial charge in [-0.15, -0.1) is 0 Å². The predicted octanol–water partition coefficient (Wildman–Crippen LogP) is 6.50. The van der Waals surface area contributed by atoms with Crippen molar-refractivity contribution in [3.63, 3.8) is 0 Å². The van der Waals surface area contributed by atoms with Gasteiger partial charge in [0.15, 0.2) is 5.78 Å². The summed E-state index contributed by atoms with van der Waals surface area (Å²) < 4.78 is 15.0. The second-order valence-corrected chi connectivity index (χ2v) is 7.65. The summed E-state index contributed by atoms with van der Waals surface area (Å²) in [6, 6.07) is 9.43. The zero-order valence-corrected chi connectivity index (χ0v) is 22.6. The van der Waals surface area contributed by atoms with Gasteiger partial charge in [-0.3, -0.25) is 10.1 Å². The number of allylic oxidation sites excluding steroid dienone is 1. The molecule has 1 aromatic heterocycles. The molecule has 0 aliphatic rings. The monoisotopic (exact) mass is 503 g/mol. The highest BCUT2D eigenvalue weighted by Gasteiger charge is 2.19. The number of benzene rings is 1. The van der Waals surface area contributed by atoms with Gasteiger partial charge in [-0.25, -0.2) is 9.59 Å². The highest BCUT2D eigenvalue weighted by Crippen LogP contribution is 2.25. The number of hydrogen-bond donors (Lipinski definition) is 2. The Morgan fingerprint density at radius 3 is 2.44 bits per heavy atom. The minimum atomic E-state index is -0.818. The molecule has 1 heterocycles. The standard InChI is InChI=1S/C16H21NO6.C10H14O.C2H6/c1-4-11(18)14-12(19)9-13(23-15(14)20)10(2)7-5-6-8-17-16(21)22-3;1-3-7-11-10-6-4-5-9(2)8-10;1-2/h6,8-10,19H,4-5,7H2,1-3H3,(H,17,21);4-6,8H,3,7H2,1-2H3;1-2H3/b8-6+;;. The molecule has 2 rings (SSSR count). The van der Waals surface area contributed by atoms with Crippen LogP contribution in [0.4, 0.5) is 4.79 Å². The minimum Gasteiger partial charge on any atom is -0.507 e. The number of carbonyl (C=O) groups excluding carboxylic acids is 2.